The fourth-order valence-corrected chi connectivity index (χ4v) is 3.65. The second-order valence-electron chi connectivity index (χ2n) is 7.39. The molecule has 0 unspecified atom stereocenters. The Labute approximate surface area is 182 Å². The predicted octanol–water partition coefficient (Wildman–Crippen LogP) is 5.56. The quantitative estimate of drug-likeness (QED) is 0.428. The topological polar surface area (TPSA) is 62.5 Å². The first-order valence-electron chi connectivity index (χ1n) is 9.80. The predicted molar refractivity (Wildman–Crippen MR) is 114 cm³/mol. The molecule has 0 saturated carbocycles. The molecule has 32 heavy (non-hydrogen) atoms. The number of Topliss-reactive ketones (excluding diaryl/α,β-unsaturated/α-hetero) is 1. The molecule has 0 amide bonds. The van der Waals surface area contributed by atoms with Crippen molar-refractivity contribution in [3.8, 4) is 0 Å². The van der Waals surface area contributed by atoms with Gasteiger partial charge in [-0.05, 0) is 49.7 Å². The highest BCUT2D eigenvalue weighted by Gasteiger charge is 2.34. The van der Waals surface area contributed by atoms with Gasteiger partial charge in [0.1, 0.15) is 12.1 Å². The average Bonchev–Trinajstić information content (AvgIpc) is 2.78. The molecule has 0 atom stereocenters. The molecule has 0 bridgehead atoms. The molecule has 0 aliphatic carbocycles. The van der Waals surface area contributed by atoms with Gasteiger partial charge in [0.25, 0.3) is 0 Å². The smallest absolute Gasteiger partial charge is 0.365 e. The maximum atomic E-state index is 13.3. The van der Waals surface area contributed by atoms with E-state index in [1.807, 2.05) is 4.90 Å². The van der Waals surface area contributed by atoms with Gasteiger partial charge in [0, 0.05) is 29.0 Å². The molecule has 2 aromatic carbocycles. The lowest BCUT2D eigenvalue weighted by Crippen LogP contribution is -2.32. The summed E-state index contributed by atoms with van der Waals surface area (Å²) >= 11 is 0. The Balaban J connectivity index is 1.58. The van der Waals surface area contributed by atoms with Crippen molar-refractivity contribution in [1.29, 1.82) is 0 Å². The van der Waals surface area contributed by atoms with E-state index in [2.05, 4.69) is 20.1 Å². The van der Waals surface area contributed by atoms with Gasteiger partial charge < -0.3 is 10.2 Å². The van der Waals surface area contributed by atoms with E-state index in [9.17, 15) is 18.0 Å². The molecule has 6 nitrogen and oxygen atoms in total. The van der Waals surface area contributed by atoms with Crippen molar-refractivity contribution in [3.63, 3.8) is 0 Å². The van der Waals surface area contributed by atoms with Gasteiger partial charge in [-0.3, -0.25) is 4.79 Å². The number of hydrogen-bond donors (Lipinski definition) is 1. The number of alkyl halides is 3. The van der Waals surface area contributed by atoms with Crippen LogP contribution in [-0.2, 0) is 19.1 Å². The minimum atomic E-state index is -4.60. The summed E-state index contributed by atoms with van der Waals surface area (Å²) in [5, 5.41) is 3.23. The van der Waals surface area contributed by atoms with E-state index in [0.29, 0.717) is 36.6 Å². The Morgan fingerprint density at radius 3 is 2.56 bits per heavy atom. The van der Waals surface area contributed by atoms with Gasteiger partial charge in [-0.15, -0.1) is 0 Å². The van der Waals surface area contributed by atoms with Crippen LogP contribution in [0.1, 0.15) is 34.1 Å². The van der Waals surface area contributed by atoms with E-state index in [-0.39, 0.29) is 5.78 Å². The fourth-order valence-electron chi connectivity index (χ4n) is 3.65. The Morgan fingerprint density at radius 2 is 1.91 bits per heavy atom. The lowest BCUT2D eigenvalue weighted by Gasteiger charge is -2.31. The van der Waals surface area contributed by atoms with Crippen molar-refractivity contribution >= 4 is 28.7 Å². The second-order valence-corrected chi connectivity index (χ2v) is 7.39. The standard InChI is InChI=1S/C23H18F3N5O/c1-14(32)15-3-5-16(6-4-15)30-22-18-9-10-31(12-21(18)28-13-29-22)17-7-8-20(27-2)19(11-17)23(24,25)26/h3-8,11,13H,9-10,12H2,1H3,(H,28,29,30). The highest BCUT2D eigenvalue weighted by molar-refractivity contribution is 5.94. The molecule has 4 rings (SSSR count). The third kappa shape index (κ3) is 4.25. The summed E-state index contributed by atoms with van der Waals surface area (Å²) < 4.78 is 40.0. The molecule has 0 spiro atoms. The number of benzene rings is 2. The number of anilines is 3. The van der Waals surface area contributed by atoms with Crippen molar-refractivity contribution in [2.45, 2.75) is 26.1 Å². The molecule has 0 saturated heterocycles. The van der Waals surface area contributed by atoms with E-state index < -0.39 is 17.4 Å². The SMILES string of the molecule is [C-]#[N+]c1ccc(N2CCc3c(ncnc3Nc3ccc(C(C)=O)cc3)C2)cc1C(F)(F)F. The van der Waals surface area contributed by atoms with Crippen molar-refractivity contribution in [3.05, 3.63) is 82.6 Å². The van der Waals surface area contributed by atoms with Gasteiger partial charge in [-0.2, -0.15) is 13.2 Å². The molecular formula is C23H18F3N5O. The molecule has 0 radical (unpaired) electrons. The zero-order valence-electron chi connectivity index (χ0n) is 17.1. The van der Waals surface area contributed by atoms with Crippen LogP contribution in [-0.4, -0.2) is 22.3 Å². The highest BCUT2D eigenvalue weighted by Crippen LogP contribution is 2.39. The van der Waals surface area contributed by atoms with Crippen LogP contribution < -0.4 is 10.2 Å². The molecular weight excluding hydrogens is 419 g/mol. The summed E-state index contributed by atoms with van der Waals surface area (Å²) in [6.07, 6.45) is -2.64. The van der Waals surface area contributed by atoms with Crippen LogP contribution in [0, 0.1) is 6.57 Å². The van der Waals surface area contributed by atoms with Crippen LogP contribution >= 0.6 is 0 Å². The van der Waals surface area contributed by atoms with Crippen molar-refractivity contribution in [2.24, 2.45) is 0 Å². The number of halogens is 3. The third-order valence-electron chi connectivity index (χ3n) is 5.33. The number of nitrogens with one attached hydrogen (secondary N) is 1. The van der Waals surface area contributed by atoms with Gasteiger partial charge in [0.15, 0.2) is 11.5 Å². The monoisotopic (exact) mass is 437 g/mol. The first-order valence-corrected chi connectivity index (χ1v) is 9.80. The molecule has 2 heterocycles. The van der Waals surface area contributed by atoms with E-state index in [1.165, 1.54) is 25.4 Å². The third-order valence-corrected chi connectivity index (χ3v) is 5.33. The minimum absolute atomic E-state index is 0.0193. The number of carbonyl (C=O) groups excluding carboxylic acids is 1. The summed E-state index contributed by atoms with van der Waals surface area (Å²) in [4.78, 5) is 24.9. The van der Waals surface area contributed by atoms with Crippen LogP contribution in [0.2, 0.25) is 0 Å². The summed E-state index contributed by atoms with van der Waals surface area (Å²) in [5.74, 6) is 0.610. The largest absolute Gasteiger partial charge is 0.407 e. The summed E-state index contributed by atoms with van der Waals surface area (Å²) in [5.41, 5.74) is 2.04. The van der Waals surface area contributed by atoms with Crippen molar-refractivity contribution in [2.75, 3.05) is 16.8 Å². The van der Waals surface area contributed by atoms with Crippen LogP contribution in [0.5, 0.6) is 0 Å². The van der Waals surface area contributed by atoms with Gasteiger partial charge in [0.05, 0.1) is 24.4 Å². The van der Waals surface area contributed by atoms with Crippen LogP contribution in [0.4, 0.5) is 36.1 Å². The van der Waals surface area contributed by atoms with E-state index in [1.54, 1.807) is 24.3 Å². The van der Waals surface area contributed by atoms with Gasteiger partial charge in [-0.1, -0.05) is 6.07 Å². The number of hydrogen-bond acceptors (Lipinski definition) is 5. The zero-order chi connectivity index (χ0) is 22.9. The molecule has 162 valence electrons. The summed E-state index contributed by atoms with van der Waals surface area (Å²) in [6.45, 7) is 9.30. The zero-order valence-corrected chi connectivity index (χ0v) is 17.1. The first kappa shape index (κ1) is 21.3. The average molecular weight is 437 g/mol. The van der Waals surface area contributed by atoms with E-state index >= 15 is 0 Å². The Kier molecular flexibility index (Phi) is 5.53. The number of aromatic nitrogens is 2. The molecule has 9 heteroatoms. The summed E-state index contributed by atoms with van der Waals surface area (Å²) in [6, 6.07) is 10.8. The number of fused-ring (bicyclic) bond motifs is 1. The Bertz CT molecular complexity index is 1220. The van der Waals surface area contributed by atoms with Gasteiger partial charge in [-0.25, -0.2) is 14.8 Å². The molecule has 1 aliphatic heterocycles. The molecule has 3 aromatic rings. The molecule has 1 aliphatic rings. The van der Waals surface area contributed by atoms with E-state index in [0.717, 1.165) is 23.0 Å². The number of ketones is 1. The van der Waals surface area contributed by atoms with Crippen LogP contribution in [0.25, 0.3) is 4.85 Å². The normalized spacial score (nSPS) is 13.3. The fraction of sp³-hybridized carbons (Fsp3) is 0.217. The van der Waals surface area contributed by atoms with Crippen molar-refractivity contribution in [1.82, 2.24) is 9.97 Å². The maximum Gasteiger partial charge on any atom is 0.407 e. The lowest BCUT2D eigenvalue weighted by molar-refractivity contribution is -0.136. The first-order chi connectivity index (χ1) is 15.3. The van der Waals surface area contributed by atoms with Crippen LogP contribution in [0.15, 0.2) is 48.8 Å². The van der Waals surface area contributed by atoms with Crippen LogP contribution in [0.3, 0.4) is 0 Å². The number of nitrogens with zero attached hydrogens (tertiary/aromatic N) is 4. The maximum absolute atomic E-state index is 13.3. The molecule has 1 aromatic heterocycles. The molecule has 1 N–H and O–H groups in total. The van der Waals surface area contributed by atoms with E-state index in [4.69, 9.17) is 6.57 Å². The highest BCUT2D eigenvalue weighted by atomic mass is 19.4. The van der Waals surface area contributed by atoms with Gasteiger partial charge >= 0.3 is 6.18 Å². The number of carbonyl (C=O) groups is 1. The van der Waals surface area contributed by atoms with Gasteiger partial charge in [0.2, 0.25) is 0 Å². The van der Waals surface area contributed by atoms with Crippen molar-refractivity contribution < 1.29 is 18.0 Å². The lowest BCUT2D eigenvalue weighted by atomic mass is 10.0. The minimum Gasteiger partial charge on any atom is -0.365 e. The second kappa shape index (κ2) is 8.30. The number of rotatable bonds is 4. The molecule has 0 fully saturated rings. The summed E-state index contributed by atoms with van der Waals surface area (Å²) in [7, 11) is 0. The Morgan fingerprint density at radius 1 is 1.16 bits per heavy atom. The Hall–Kier alpha value is -3.93.